The van der Waals surface area contributed by atoms with Crippen LogP contribution < -0.4 is 36.9 Å². The lowest BCUT2D eigenvalue weighted by molar-refractivity contribution is -0.154. The highest BCUT2D eigenvalue weighted by atomic mass is 35.5. The van der Waals surface area contributed by atoms with Crippen LogP contribution in [-0.4, -0.2) is 58.5 Å². The molecule has 4 aromatic rings. The van der Waals surface area contributed by atoms with Crippen LogP contribution in [0.25, 0.3) is 0 Å². The smallest absolute Gasteiger partial charge is 0.422 e. The Morgan fingerprint density at radius 1 is 1.00 bits per heavy atom. The number of nitrogens with one attached hydrogen (secondary N) is 4. The van der Waals surface area contributed by atoms with E-state index in [1.54, 1.807) is 36.4 Å². The molecule has 13 nitrogen and oxygen atoms in total. The van der Waals surface area contributed by atoms with E-state index in [-0.39, 0.29) is 24.1 Å². The van der Waals surface area contributed by atoms with Crippen molar-refractivity contribution >= 4 is 46.5 Å². The SMILES string of the molecule is COC(=O)C(CNc1c(O)c(=O)c1=O)Nc1ccc(Nc2nc(NC3(c4ccc(Cl)cc4)CC3)nc(OCC(F)(F)F)n2)cc1. The van der Waals surface area contributed by atoms with Gasteiger partial charge in [-0.2, -0.15) is 28.1 Å². The molecule has 0 bridgehead atoms. The normalized spacial score (nSPS) is 14.3. The molecule has 1 saturated carbocycles. The number of hydrogen-bond donors (Lipinski definition) is 5. The number of benzene rings is 2. The molecule has 0 spiro atoms. The predicted octanol–water partition coefficient (Wildman–Crippen LogP) is 3.68. The van der Waals surface area contributed by atoms with Gasteiger partial charge in [-0.1, -0.05) is 23.7 Å². The molecule has 3 aromatic carbocycles. The second-order valence-corrected chi connectivity index (χ2v) is 10.5. The Labute approximate surface area is 257 Å². The summed E-state index contributed by atoms with van der Waals surface area (Å²) in [6, 6.07) is 11.9. The van der Waals surface area contributed by atoms with E-state index in [9.17, 15) is 32.7 Å². The lowest BCUT2D eigenvalue weighted by atomic mass is 10.1. The molecule has 1 aromatic heterocycles. The first-order valence-corrected chi connectivity index (χ1v) is 13.7. The fourth-order valence-electron chi connectivity index (χ4n) is 4.34. The predicted molar refractivity (Wildman–Crippen MR) is 158 cm³/mol. The molecule has 1 atom stereocenters. The Morgan fingerprint density at radius 2 is 1.64 bits per heavy atom. The number of anilines is 5. The van der Waals surface area contributed by atoms with Crippen LogP contribution in [0.15, 0.2) is 58.1 Å². The van der Waals surface area contributed by atoms with Gasteiger partial charge in [-0.05, 0) is 54.8 Å². The Morgan fingerprint density at radius 3 is 2.24 bits per heavy atom. The molecule has 1 unspecified atom stereocenters. The Bertz CT molecular complexity index is 1760. The number of ether oxygens (including phenoxy) is 2. The summed E-state index contributed by atoms with van der Waals surface area (Å²) >= 11 is 6.01. The van der Waals surface area contributed by atoms with Crippen LogP contribution in [0, 0.1) is 0 Å². The number of aromatic nitrogens is 3. The molecule has 1 fully saturated rings. The Hall–Kier alpha value is -5.12. The van der Waals surface area contributed by atoms with Crippen molar-refractivity contribution in [2.75, 3.05) is 41.5 Å². The van der Waals surface area contributed by atoms with E-state index < -0.39 is 53.0 Å². The van der Waals surface area contributed by atoms with Crippen molar-refractivity contribution < 1.29 is 32.5 Å². The summed E-state index contributed by atoms with van der Waals surface area (Å²) in [5.41, 5.74) is -0.952. The first-order valence-electron chi connectivity index (χ1n) is 13.3. The van der Waals surface area contributed by atoms with Gasteiger partial charge in [-0.3, -0.25) is 9.59 Å². The number of esters is 1. The highest BCUT2D eigenvalue weighted by molar-refractivity contribution is 6.30. The molecule has 1 aliphatic carbocycles. The largest absolute Gasteiger partial charge is 0.502 e. The van der Waals surface area contributed by atoms with Gasteiger partial charge in [0.25, 0.3) is 10.9 Å². The highest BCUT2D eigenvalue weighted by Crippen LogP contribution is 2.48. The van der Waals surface area contributed by atoms with Crippen molar-refractivity contribution in [3.05, 3.63) is 79.6 Å². The molecule has 5 rings (SSSR count). The fraction of sp³-hybridized carbons (Fsp3) is 0.286. The van der Waals surface area contributed by atoms with Crippen molar-refractivity contribution in [1.82, 2.24) is 15.0 Å². The van der Waals surface area contributed by atoms with Crippen LogP contribution in [0.1, 0.15) is 18.4 Å². The summed E-state index contributed by atoms with van der Waals surface area (Å²) in [5, 5.41) is 21.7. The minimum atomic E-state index is -4.61. The van der Waals surface area contributed by atoms with E-state index in [4.69, 9.17) is 21.1 Å². The van der Waals surface area contributed by atoms with Gasteiger partial charge < -0.3 is 35.8 Å². The van der Waals surface area contributed by atoms with Gasteiger partial charge in [0.15, 0.2) is 12.4 Å². The van der Waals surface area contributed by atoms with Crippen LogP contribution in [0.3, 0.4) is 0 Å². The zero-order valence-corrected chi connectivity index (χ0v) is 24.1. The van der Waals surface area contributed by atoms with Crippen molar-refractivity contribution in [2.45, 2.75) is 30.6 Å². The number of carbonyl (C=O) groups is 1. The topological polar surface area (TPSA) is 177 Å². The average Bonchev–Trinajstić information content (AvgIpc) is 3.79. The number of methoxy groups -OCH3 is 1. The summed E-state index contributed by atoms with van der Waals surface area (Å²) in [6.07, 6.45) is -3.16. The zero-order chi connectivity index (χ0) is 32.4. The maximum absolute atomic E-state index is 12.9. The van der Waals surface area contributed by atoms with E-state index >= 15 is 0 Å². The summed E-state index contributed by atoms with van der Waals surface area (Å²) in [5.74, 6) is -1.50. The third-order valence-corrected chi connectivity index (χ3v) is 7.07. The highest BCUT2D eigenvalue weighted by Gasteiger charge is 2.45. The number of aromatic hydroxyl groups is 1. The van der Waals surface area contributed by atoms with Crippen molar-refractivity contribution in [3.63, 3.8) is 0 Å². The molecular formula is C28H25ClF3N7O6. The average molecular weight is 648 g/mol. The Kier molecular flexibility index (Phi) is 8.68. The van der Waals surface area contributed by atoms with Crippen LogP contribution >= 0.6 is 11.6 Å². The quantitative estimate of drug-likeness (QED) is 0.105. The van der Waals surface area contributed by atoms with E-state index in [0.29, 0.717) is 16.4 Å². The van der Waals surface area contributed by atoms with Gasteiger partial charge in [-0.25, -0.2) is 4.79 Å². The second kappa shape index (κ2) is 12.5. The minimum Gasteiger partial charge on any atom is -0.502 e. The van der Waals surface area contributed by atoms with E-state index in [0.717, 1.165) is 18.4 Å². The van der Waals surface area contributed by atoms with Gasteiger partial charge >= 0.3 is 18.2 Å². The fourth-order valence-corrected chi connectivity index (χ4v) is 4.46. The molecule has 17 heteroatoms. The molecule has 5 N–H and O–H groups in total. The van der Waals surface area contributed by atoms with Crippen molar-refractivity contribution in [3.8, 4) is 11.8 Å². The van der Waals surface area contributed by atoms with Crippen molar-refractivity contribution in [1.29, 1.82) is 0 Å². The van der Waals surface area contributed by atoms with Gasteiger partial charge in [0.2, 0.25) is 11.9 Å². The van der Waals surface area contributed by atoms with Crippen LogP contribution in [0.4, 0.5) is 42.1 Å². The maximum atomic E-state index is 12.9. The number of hydrogen-bond acceptors (Lipinski definition) is 13. The molecule has 236 valence electrons. The van der Waals surface area contributed by atoms with Crippen molar-refractivity contribution in [2.24, 2.45) is 0 Å². The second-order valence-electron chi connectivity index (χ2n) is 10.1. The standard InChI is InChI=1S/C28H25ClF3N7O6/c1-44-23(43)18(12-33-19-20(40)22(42)21(19)41)34-16-6-8-17(9-7-16)35-24-36-25(38-26(37-24)45-13-28(30,31)32)39-27(10-11-27)14-2-4-15(29)5-3-14/h2-9,18,33-34,40H,10-13H2,1H3,(H2,35,36,37,38,39). The molecule has 45 heavy (non-hydrogen) atoms. The van der Waals surface area contributed by atoms with E-state index in [1.807, 2.05) is 12.1 Å². The van der Waals surface area contributed by atoms with Gasteiger partial charge in [0.1, 0.15) is 11.7 Å². The number of nitrogens with zero attached hydrogens (tertiary/aromatic N) is 3. The third-order valence-electron chi connectivity index (χ3n) is 6.81. The van der Waals surface area contributed by atoms with E-state index in [2.05, 4.69) is 36.2 Å². The molecular weight excluding hydrogens is 623 g/mol. The van der Waals surface area contributed by atoms with Gasteiger partial charge in [0.05, 0.1) is 12.6 Å². The zero-order valence-electron chi connectivity index (χ0n) is 23.4. The first kappa shape index (κ1) is 31.3. The first-order chi connectivity index (χ1) is 21.4. The molecule has 0 amide bonds. The molecule has 0 saturated heterocycles. The summed E-state index contributed by atoms with van der Waals surface area (Å²) < 4.78 is 48.2. The minimum absolute atomic E-state index is 0.00312. The lowest BCUT2D eigenvalue weighted by Gasteiger charge is -2.20. The summed E-state index contributed by atoms with van der Waals surface area (Å²) in [7, 11) is 1.17. The van der Waals surface area contributed by atoms with Gasteiger partial charge in [-0.15, -0.1) is 0 Å². The number of rotatable bonds is 13. The number of carbonyl (C=O) groups excluding carboxylic acids is 1. The lowest BCUT2D eigenvalue weighted by Crippen LogP contribution is -2.40. The Balaban J connectivity index is 1.30. The third kappa shape index (κ3) is 7.52. The molecule has 0 aliphatic heterocycles. The molecule has 1 aliphatic rings. The summed E-state index contributed by atoms with van der Waals surface area (Å²) in [4.78, 5) is 47.4. The van der Waals surface area contributed by atoms with Crippen LogP contribution in [-0.2, 0) is 15.1 Å². The maximum Gasteiger partial charge on any atom is 0.422 e. The monoisotopic (exact) mass is 647 g/mol. The molecule has 0 radical (unpaired) electrons. The van der Waals surface area contributed by atoms with Crippen LogP contribution in [0.2, 0.25) is 5.02 Å². The van der Waals surface area contributed by atoms with Gasteiger partial charge in [0, 0.05) is 22.9 Å². The molecule has 1 heterocycles. The van der Waals surface area contributed by atoms with E-state index in [1.165, 1.54) is 7.11 Å². The number of halogens is 4. The summed E-state index contributed by atoms with van der Waals surface area (Å²) in [6.45, 7) is -1.79. The van der Waals surface area contributed by atoms with Crippen LogP contribution in [0.5, 0.6) is 11.8 Å². The number of alkyl halides is 3.